The Morgan fingerprint density at radius 1 is 1.13 bits per heavy atom. The molecule has 0 atom stereocenters. The summed E-state index contributed by atoms with van der Waals surface area (Å²) in [5.41, 5.74) is 2.71. The Labute approximate surface area is 95.5 Å². The SMILES string of the molecule is CCC#CC(C)=C(C)CCCC=CCC. The van der Waals surface area contributed by atoms with Crippen molar-refractivity contribution in [3.63, 3.8) is 0 Å². The van der Waals surface area contributed by atoms with Gasteiger partial charge in [-0.2, -0.15) is 0 Å². The lowest BCUT2D eigenvalue weighted by molar-refractivity contribution is 0.825. The van der Waals surface area contributed by atoms with E-state index in [0.29, 0.717) is 0 Å². The molecule has 0 aliphatic rings. The predicted molar refractivity (Wildman–Crippen MR) is 69.7 cm³/mol. The van der Waals surface area contributed by atoms with Crippen LogP contribution in [-0.4, -0.2) is 0 Å². The van der Waals surface area contributed by atoms with Gasteiger partial charge in [0.1, 0.15) is 0 Å². The quantitative estimate of drug-likeness (QED) is 0.340. The fraction of sp³-hybridized carbons (Fsp3) is 0.600. The first-order valence-electron chi connectivity index (χ1n) is 6.02. The van der Waals surface area contributed by atoms with Crippen molar-refractivity contribution in [1.29, 1.82) is 0 Å². The molecule has 0 amide bonds. The zero-order valence-electron chi connectivity index (χ0n) is 10.7. The van der Waals surface area contributed by atoms with Crippen molar-refractivity contribution in [2.75, 3.05) is 0 Å². The van der Waals surface area contributed by atoms with Crippen molar-refractivity contribution < 1.29 is 0 Å². The molecule has 0 aliphatic heterocycles. The van der Waals surface area contributed by atoms with Gasteiger partial charge in [-0.05, 0) is 45.1 Å². The Bertz CT molecular complexity index is 268. The largest absolute Gasteiger partial charge is 0.0985 e. The van der Waals surface area contributed by atoms with E-state index in [0.717, 1.165) is 12.8 Å². The maximum Gasteiger partial charge on any atom is 0.00638 e. The van der Waals surface area contributed by atoms with E-state index < -0.39 is 0 Å². The smallest absolute Gasteiger partial charge is 0.00638 e. The van der Waals surface area contributed by atoms with E-state index in [4.69, 9.17) is 0 Å². The summed E-state index contributed by atoms with van der Waals surface area (Å²) in [4.78, 5) is 0. The maximum atomic E-state index is 3.20. The van der Waals surface area contributed by atoms with Crippen molar-refractivity contribution in [2.45, 2.75) is 59.8 Å². The molecule has 0 rings (SSSR count). The monoisotopic (exact) mass is 204 g/mol. The summed E-state index contributed by atoms with van der Waals surface area (Å²) in [6, 6.07) is 0. The Morgan fingerprint density at radius 2 is 1.87 bits per heavy atom. The van der Waals surface area contributed by atoms with Gasteiger partial charge in [-0.3, -0.25) is 0 Å². The second-order valence-electron chi connectivity index (χ2n) is 3.83. The van der Waals surface area contributed by atoms with Gasteiger partial charge in [-0.1, -0.05) is 43.4 Å². The van der Waals surface area contributed by atoms with Gasteiger partial charge < -0.3 is 0 Å². The van der Waals surface area contributed by atoms with Crippen LogP contribution in [-0.2, 0) is 0 Å². The summed E-state index contributed by atoms with van der Waals surface area (Å²) >= 11 is 0. The van der Waals surface area contributed by atoms with Gasteiger partial charge in [0.05, 0.1) is 0 Å². The van der Waals surface area contributed by atoms with Crippen molar-refractivity contribution in [3.05, 3.63) is 23.3 Å². The van der Waals surface area contributed by atoms with Crippen LogP contribution in [0.1, 0.15) is 59.8 Å². The van der Waals surface area contributed by atoms with E-state index in [2.05, 4.69) is 51.7 Å². The van der Waals surface area contributed by atoms with E-state index in [1.807, 2.05) is 0 Å². The van der Waals surface area contributed by atoms with Gasteiger partial charge in [-0.15, -0.1) is 0 Å². The van der Waals surface area contributed by atoms with Crippen LogP contribution < -0.4 is 0 Å². The molecule has 0 aromatic carbocycles. The first-order valence-corrected chi connectivity index (χ1v) is 6.02. The summed E-state index contributed by atoms with van der Waals surface area (Å²) in [6.07, 6.45) is 10.2. The van der Waals surface area contributed by atoms with Crippen molar-refractivity contribution in [3.8, 4) is 11.8 Å². The van der Waals surface area contributed by atoms with Gasteiger partial charge in [0.2, 0.25) is 0 Å². The molecular weight excluding hydrogens is 180 g/mol. The second-order valence-corrected chi connectivity index (χ2v) is 3.83. The van der Waals surface area contributed by atoms with Crippen LogP contribution in [0.15, 0.2) is 23.3 Å². The van der Waals surface area contributed by atoms with Crippen LogP contribution in [0.25, 0.3) is 0 Å². The van der Waals surface area contributed by atoms with Gasteiger partial charge in [0.15, 0.2) is 0 Å². The van der Waals surface area contributed by atoms with E-state index in [-0.39, 0.29) is 0 Å². The molecule has 15 heavy (non-hydrogen) atoms. The molecule has 0 aromatic rings. The van der Waals surface area contributed by atoms with Crippen LogP contribution in [0, 0.1) is 11.8 Å². The highest BCUT2D eigenvalue weighted by atomic mass is 14.0. The van der Waals surface area contributed by atoms with Gasteiger partial charge in [0.25, 0.3) is 0 Å². The molecule has 0 aromatic heterocycles. The van der Waals surface area contributed by atoms with Crippen LogP contribution in [0.2, 0.25) is 0 Å². The lowest BCUT2D eigenvalue weighted by atomic mass is 10.0. The number of allylic oxidation sites excluding steroid dienone is 4. The zero-order chi connectivity index (χ0) is 11.5. The van der Waals surface area contributed by atoms with E-state index in [1.54, 1.807) is 0 Å². The molecule has 0 fully saturated rings. The fourth-order valence-corrected chi connectivity index (χ4v) is 1.28. The van der Waals surface area contributed by atoms with E-state index in [1.165, 1.54) is 30.4 Å². The Hall–Kier alpha value is -0.960. The fourth-order valence-electron chi connectivity index (χ4n) is 1.28. The number of hydrogen-bond acceptors (Lipinski definition) is 0. The minimum absolute atomic E-state index is 0.948. The van der Waals surface area contributed by atoms with Crippen LogP contribution in [0.3, 0.4) is 0 Å². The molecule has 0 saturated carbocycles. The summed E-state index contributed by atoms with van der Waals surface area (Å²) in [7, 11) is 0. The molecule has 0 unspecified atom stereocenters. The molecule has 0 heterocycles. The molecule has 0 nitrogen and oxygen atoms in total. The maximum absolute atomic E-state index is 3.20. The molecule has 0 spiro atoms. The average molecular weight is 204 g/mol. The van der Waals surface area contributed by atoms with Crippen LogP contribution in [0.4, 0.5) is 0 Å². The standard InChI is InChI=1S/C15H24/c1-5-7-9-10-11-13-15(4)14(3)12-8-6-2/h7,9H,5-6,10-11,13H2,1-4H3. The summed E-state index contributed by atoms with van der Waals surface area (Å²) in [6.45, 7) is 8.58. The Kier molecular flexibility index (Phi) is 8.98. The molecule has 84 valence electrons. The highest BCUT2D eigenvalue weighted by Crippen LogP contribution is 2.11. The summed E-state index contributed by atoms with van der Waals surface area (Å²) in [5.74, 6) is 6.31. The van der Waals surface area contributed by atoms with Gasteiger partial charge >= 0.3 is 0 Å². The number of rotatable bonds is 5. The van der Waals surface area contributed by atoms with Crippen molar-refractivity contribution in [1.82, 2.24) is 0 Å². The van der Waals surface area contributed by atoms with E-state index >= 15 is 0 Å². The predicted octanol–water partition coefficient (Wildman–Crippen LogP) is 4.87. The average Bonchev–Trinajstić information content (AvgIpc) is 2.25. The third-order valence-corrected chi connectivity index (χ3v) is 2.42. The zero-order valence-corrected chi connectivity index (χ0v) is 10.7. The molecular formula is C15H24. The summed E-state index contributed by atoms with van der Waals surface area (Å²) < 4.78 is 0. The van der Waals surface area contributed by atoms with Crippen LogP contribution in [0.5, 0.6) is 0 Å². The third kappa shape index (κ3) is 8.06. The molecule has 0 radical (unpaired) electrons. The topological polar surface area (TPSA) is 0 Å². The second kappa shape index (κ2) is 9.59. The highest BCUT2D eigenvalue weighted by molar-refractivity contribution is 5.30. The molecule has 0 heteroatoms. The Morgan fingerprint density at radius 3 is 2.47 bits per heavy atom. The van der Waals surface area contributed by atoms with Gasteiger partial charge in [0, 0.05) is 6.42 Å². The first kappa shape index (κ1) is 14.0. The van der Waals surface area contributed by atoms with Gasteiger partial charge in [-0.25, -0.2) is 0 Å². The number of unbranched alkanes of at least 4 members (excludes halogenated alkanes) is 1. The van der Waals surface area contributed by atoms with Crippen molar-refractivity contribution >= 4 is 0 Å². The lowest BCUT2D eigenvalue weighted by Gasteiger charge is -2.01. The Balaban J connectivity index is 3.90. The minimum Gasteiger partial charge on any atom is -0.0985 e. The lowest BCUT2D eigenvalue weighted by Crippen LogP contribution is -1.83. The van der Waals surface area contributed by atoms with E-state index in [9.17, 15) is 0 Å². The molecule has 0 N–H and O–H groups in total. The first-order chi connectivity index (χ1) is 7.22. The van der Waals surface area contributed by atoms with Crippen molar-refractivity contribution in [2.24, 2.45) is 0 Å². The molecule has 0 bridgehead atoms. The molecule has 0 saturated heterocycles. The normalized spacial score (nSPS) is 12.3. The number of hydrogen-bond donors (Lipinski definition) is 0. The third-order valence-electron chi connectivity index (χ3n) is 2.42. The van der Waals surface area contributed by atoms with Crippen LogP contribution >= 0.6 is 0 Å². The highest BCUT2D eigenvalue weighted by Gasteiger charge is 1.93. The molecule has 0 aliphatic carbocycles. The minimum atomic E-state index is 0.948. The summed E-state index contributed by atoms with van der Waals surface area (Å²) in [5, 5.41) is 0.